The molecule has 0 radical (unpaired) electrons. The monoisotopic (exact) mass is 250 g/mol. The summed E-state index contributed by atoms with van der Waals surface area (Å²) in [7, 11) is 0. The number of nitrogens with zero attached hydrogens (tertiary/aromatic N) is 1. The molecule has 0 saturated heterocycles. The molecule has 6 nitrogen and oxygen atoms in total. The fourth-order valence-electron chi connectivity index (χ4n) is 1.04. The maximum Gasteiger partial charge on any atom is 0.337 e. The first kappa shape index (κ1) is 13.9. The SMILES string of the molecule is CC(O)(CNC(=O)C=Cc1cccnc1)C(=O)O. The topological polar surface area (TPSA) is 99.5 Å². The molecule has 96 valence electrons. The van der Waals surface area contributed by atoms with E-state index in [1.165, 1.54) is 12.2 Å². The van der Waals surface area contributed by atoms with Crippen LogP contribution in [0.3, 0.4) is 0 Å². The lowest BCUT2D eigenvalue weighted by Gasteiger charge is -2.17. The van der Waals surface area contributed by atoms with Crippen LogP contribution in [0.4, 0.5) is 0 Å². The summed E-state index contributed by atoms with van der Waals surface area (Å²) in [5, 5.41) is 20.3. The number of aliphatic carboxylic acids is 1. The van der Waals surface area contributed by atoms with Crippen molar-refractivity contribution >= 4 is 18.0 Å². The first-order valence-electron chi connectivity index (χ1n) is 5.23. The minimum atomic E-state index is -1.97. The number of amides is 1. The molecule has 6 heteroatoms. The van der Waals surface area contributed by atoms with Crippen LogP contribution in [0.15, 0.2) is 30.6 Å². The van der Waals surface area contributed by atoms with Crippen LogP contribution in [0.5, 0.6) is 0 Å². The third-order valence-electron chi connectivity index (χ3n) is 2.18. The van der Waals surface area contributed by atoms with E-state index in [9.17, 15) is 14.7 Å². The largest absolute Gasteiger partial charge is 0.479 e. The predicted molar refractivity (Wildman–Crippen MR) is 64.5 cm³/mol. The third-order valence-corrected chi connectivity index (χ3v) is 2.18. The molecule has 1 unspecified atom stereocenters. The molecule has 0 aliphatic carbocycles. The number of hydrogen-bond acceptors (Lipinski definition) is 4. The van der Waals surface area contributed by atoms with Crippen molar-refractivity contribution in [2.24, 2.45) is 0 Å². The lowest BCUT2D eigenvalue weighted by atomic mass is 10.1. The zero-order chi connectivity index (χ0) is 13.6. The highest BCUT2D eigenvalue weighted by Crippen LogP contribution is 2.01. The summed E-state index contributed by atoms with van der Waals surface area (Å²) in [5.74, 6) is -1.88. The van der Waals surface area contributed by atoms with Gasteiger partial charge in [-0.2, -0.15) is 0 Å². The molecule has 0 aliphatic rings. The number of aliphatic hydroxyl groups is 1. The van der Waals surface area contributed by atoms with Crippen LogP contribution in [-0.2, 0) is 9.59 Å². The van der Waals surface area contributed by atoms with Crippen LogP contribution < -0.4 is 5.32 Å². The van der Waals surface area contributed by atoms with E-state index in [1.54, 1.807) is 24.5 Å². The molecular weight excluding hydrogens is 236 g/mol. The molecule has 0 bridgehead atoms. The van der Waals surface area contributed by atoms with Gasteiger partial charge in [0, 0.05) is 18.5 Å². The number of hydrogen-bond donors (Lipinski definition) is 3. The summed E-state index contributed by atoms with van der Waals surface area (Å²) in [6.07, 6.45) is 5.98. The Bertz CT molecular complexity index is 454. The van der Waals surface area contributed by atoms with Gasteiger partial charge in [-0.05, 0) is 24.6 Å². The Morgan fingerprint density at radius 1 is 1.56 bits per heavy atom. The van der Waals surface area contributed by atoms with Gasteiger partial charge in [-0.15, -0.1) is 0 Å². The molecule has 1 heterocycles. The highest BCUT2D eigenvalue weighted by atomic mass is 16.4. The van der Waals surface area contributed by atoms with Crippen LogP contribution in [0.2, 0.25) is 0 Å². The molecule has 0 aromatic carbocycles. The summed E-state index contributed by atoms with van der Waals surface area (Å²) in [6, 6.07) is 3.50. The average Bonchev–Trinajstić information content (AvgIpc) is 2.35. The first-order valence-corrected chi connectivity index (χ1v) is 5.23. The number of carbonyl (C=O) groups excluding carboxylic acids is 1. The Hall–Kier alpha value is -2.21. The quantitative estimate of drug-likeness (QED) is 0.641. The van der Waals surface area contributed by atoms with E-state index in [0.717, 1.165) is 12.5 Å². The Kier molecular flexibility index (Phi) is 4.56. The molecule has 0 fully saturated rings. The van der Waals surface area contributed by atoms with Gasteiger partial charge < -0.3 is 15.5 Å². The molecule has 0 aliphatic heterocycles. The van der Waals surface area contributed by atoms with Gasteiger partial charge >= 0.3 is 5.97 Å². The second-order valence-electron chi connectivity index (χ2n) is 3.92. The van der Waals surface area contributed by atoms with Crippen LogP contribution in [-0.4, -0.2) is 39.2 Å². The van der Waals surface area contributed by atoms with Gasteiger partial charge in [-0.1, -0.05) is 6.07 Å². The number of pyridine rings is 1. The van der Waals surface area contributed by atoms with Crippen molar-refractivity contribution in [3.05, 3.63) is 36.2 Å². The smallest absolute Gasteiger partial charge is 0.337 e. The standard InChI is InChI=1S/C12H14N2O4/c1-12(18,11(16)17)8-14-10(15)5-4-9-3-2-6-13-7-9/h2-7,18H,8H2,1H3,(H,14,15)(H,16,17). The first-order chi connectivity index (χ1) is 8.42. The molecule has 1 aromatic rings. The molecule has 1 amide bonds. The number of aromatic nitrogens is 1. The number of carbonyl (C=O) groups is 2. The molecule has 1 aromatic heterocycles. The van der Waals surface area contributed by atoms with Crippen molar-refractivity contribution in [3.63, 3.8) is 0 Å². The molecule has 3 N–H and O–H groups in total. The summed E-state index contributed by atoms with van der Waals surface area (Å²) in [4.78, 5) is 25.8. The van der Waals surface area contributed by atoms with Gasteiger partial charge in [0.25, 0.3) is 0 Å². The van der Waals surface area contributed by atoms with E-state index in [2.05, 4.69) is 10.3 Å². The highest BCUT2D eigenvalue weighted by Gasteiger charge is 2.29. The second-order valence-corrected chi connectivity index (χ2v) is 3.92. The van der Waals surface area contributed by atoms with Gasteiger partial charge in [0.15, 0.2) is 5.60 Å². The number of carboxylic acids is 1. The normalized spacial score (nSPS) is 14.1. The molecule has 1 atom stereocenters. The minimum Gasteiger partial charge on any atom is -0.479 e. The molecule has 0 saturated carbocycles. The lowest BCUT2D eigenvalue weighted by molar-refractivity contribution is -0.156. The second kappa shape index (κ2) is 5.92. The molecule has 0 spiro atoms. The molecular formula is C12H14N2O4. The lowest BCUT2D eigenvalue weighted by Crippen LogP contribution is -2.46. The zero-order valence-electron chi connectivity index (χ0n) is 9.83. The Balaban J connectivity index is 2.48. The summed E-state index contributed by atoms with van der Waals surface area (Å²) in [6.45, 7) is 0.749. The van der Waals surface area contributed by atoms with E-state index >= 15 is 0 Å². The van der Waals surface area contributed by atoms with Crippen molar-refractivity contribution < 1.29 is 19.8 Å². The Morgan fingerprint density at radius 2 is 2.28 bits per heavy atom. The molecule has 18 heavy (non-hydrogen) atoms. The predicted octanol–water partition coefficient (Wildman–Crippen LogP) is 0.0466. The summed E-state index contributed by atoms with van der Waals surface area (Å²) in [5.41, 5.74) is -1.23. The van der Waals surface area contributed by atoms with E-state index in [-0.39, 0.29) is 6.54 Å². The minimum absolute atomic E-state index is 0.363. The van der Waals surface area contributed by atoms with Crippen LogP contribution in [0.1, 0.15) is 12.5 Å². The maximum absolute atomic E-state index is 11.4. The average molecular weight is 250 g/mol. The number of carboxylic acid groups (broad SMARTS) is 1. The third kappa shape index (κ3) is 4.34. The van der Waals surface area contributed by atoms with Crippen molar-refractivity contribution in [2.75, 3.05) is 6.54 Å². The van der Waals surface area contributed by atoms with Gasteiger partial charge in [-0.3, -0.25) is 9.78 Å². The van der Waals surface area contributed by atoms with Gasteiger partial charge in [0.1, 0.15) is 0 Å². The zero-order valence-corrected chi connectivity index (χ0v) is 9.83. The summed E-state index contributed by atoms with van der Waals surface area (Å²) < 4.78 is 0. The van der Waals surface area contributed by atoms with Crippen molar-refractivity contribution in [1.82, 2.24) is 10.3 Å². The van der Waals surface area contributed by atoms with Crippen LogP contribution in [0.25, 0.3) is 6.08 Å². The number of nitrogens with one attached hydrogen (secondary N) is 1. The van der Waals surface area contributed by atoms with Crippen molar-refractivity contribution in [2.45, 2.75) is 12.5 Å². The van der Waals surface area contributed by atoms with E-state index in [0.29, 0.717) is 0 Å². The van der Waals surface area contributed by atoms with Crippen LogP contribution in [0, 0.1) is 0 Å². The van der Waals surface area contributed by atoms with Crippen molar-refractivity contribution in [1.29, 1.82) is 0 Å². The summed E-state index contributed by atoms with van der Waals surface area (Å²) >= 11 is 0. The van der Waals surface area contributed by atoms with E-state index in [1.807, 2.05) is 0 Å². The van der Waals surface area contributed by atoms with Crippen LogP contribution >= 0.6 is 0 Å². The van der Waals surface area contributed by atoms with Gasteiger partial charge in [0.2, 0.25) is 5.91 Å². The van der Waals surface area contributed by atoms with E-state index in [4.69, 9.17) is 5.11 Å². The highest BCUT2D eigenvalue weighted by molar-refractivity contribution is 5.92. The fourth-order valence-corrected chi connectivity index (χ4v) is 1.04. The Labute approximate surface area is 104 Å². The van der Waals surface area contributed by atoms with Gasteiger partial charge in [0.05, 0.1) is 6.54 Å². The maximum atomic E-state index is 11.4. The number of rotatable bonds is 5. The fraction of sp³-hybridized carbons (Fsp3) is 0.250. The Morgan fingerprint density at radius 3 is 2.83 bits per heavy atom. The van der Waals surface area contributed by atoms with E-state index < -0.39 is 17.5 Å². The van der Waals surface area contributed by atoms with Crippen molar-refractivity contribution in [3.8, 4) is 0 Å². The molecule has 1 rings (SSSR count). The van der Waals surface area contributed by atoms with Gasteiger partial charge in [-0.25, -0.2) is 4.79 Å².